The first-order chi connectivity index (χ1) is 12.8. The Morgan fingerprint density at radius 1 is 1.19 bits per heavy atom. The van der Waals surface area contributed by atoms with Crippen molar-refractivity contribution in [2.24, 2.45) is 0 Å². The van der Waals surface area contributed by atoms with Crippen molar-refractivity contribution in [3.05, 3.63) is 69.3 Å². The van der Waals surface area contributed by atoms with Crippen molar-refractivity contribution in [1.82, 2.24) is 4.90 Å². The highest BCUT2D eigenvalue weighted by molar-refractivity contribution is 5.98. The summed E-state index contributed by atoms with van der Waals surface area (Å²) in [5, 5.41) is 20.0. The van der Waals surface area contributed by atoms with Gasteiger partial charge in [-0.25, -0.2) is 4.79 Å². The van der Waals surface area contributed by atoms with Gasteiger partial charge in [-0.05, 0) is 31.0 Å². The van der Waals surface area contributed by atoms with E-state index in [1.165, 1.54) is 4.90 Å². The van der Waals surface area contributed by atoms with Gasteiger partial charge >= 0.3 is 5.97 Å². The predicted molar refractivity (Wildman–Crippen MR) is 98.3 cm³/mol. The summed E-state index contributed by atoms with van der Waals surface area (Å²) in [7, 11) is 1.55. The Morgan fingerprint density at radius 2 is 1.85 bits per heavy atom. The SMILES string of the molecule is Cc1ccccc1OCCCN(C)C(=O)c1cc(C(=O)O)cc([N+](=O)[O-])c1. The van der Waals surface area contributed by atoms with Gasteiger partial charge in [-0.2, -0.15) is 0 Å². The Bertz CT molecular complexity index is 833. The molecule has 0 atom stereocenters. The minimum Gasteiger partial charge on any atom is -0.493 e. The molecule has 0 fully saturated rings. The summed E-state index contributed by atoms with van der Waals surface area (Å²) < 4.78 is 5.67. The Morgan fingerprint density at radius 3 is 2.48 bits per heavy atom. The van der Waals surface area contributed by atoms with E-state index in [0.717, 1.165) is 29.5 Å². The van der Waals surface area contributed by atoms with Gasteiger partial charge in [0, 0.05) is 31.3 Å². The summed E-state index contributed by atoms with van der Waals surface area (Å²) in [5.74, 6) is -1.05. The van der Waals surface area contributed by atoms with Crippen molar-refractivity contribution >= 4 is 17.6 Å². The van der Waals surface area contributed by atoms with Crippen LogP contribution in [0.5, 0.6) is 5.75 Å². The lowest BCUT2D eigenvalue weighted by Gasteiger charge is -2.18. The number of non-ortho nitro benzene ring substituents is 1. The molecule has 27 heavy (non-hydrogen) atoms. The zero-order valence-corrected chi connectivity index (χ0v) is 15.0. The fourth-order valence-corrected chi connectivity index (χ4v) is 2.49. The highest BCUT2D eigenvalue weighted by atomic mass is 16.6. The molecule has 0 spiro atoms. The Hall–Kier alpha value is -3.42. The van der Waals surface area contributed by atoms with Crippen molar-refractivity contribution in [3.63, 3.8) is 0 Å². The number of aryl methyl sites for hydroxylation is 1. The van der Waals surface area contributed by atoms with Crippen LogP contribution in [0.25, 0.3) is 0 Å². The molecule has 0 radical (unpaired) electrons. The molecular weight excluding hydrogens is 352 g/mol. The Kier molecular flexibility index (Phi) is 6.48. The van der Waals surface area contributed by atoms with E-state index in [2.05, 4.69) is 0 Å². The number of hydrogen-bond donors (Lipinski definition) is 1. The molecule has 0 heterocycles. The molecule has 2 aromatic carbocycles. The average Bonchev–Trinajstić information content (AvgIpc) is 2.65. The first-order valence-electron chi connectivity index (χ1n) is 8.26. The van der Waals surface area contributed by atoms with Gasteiger partial charge in [0.2, 0.25) is 0 Å². The molecule has 0 unspecified atom stereocenters. The molecule has 0 aliphatic rings. The number of ether oxygens (including phenoxy) is 1. The summed E-state index contributed by atoms with van der Waals surface area (Å²) in [5.41, 5.74) is 0.238. The average molecular weight is 372 g/mol. The quantitative estimate of drug-likeness (QED) is 0.433. The number of nitrogens with zero attached hydrogens (tertiary/aromatic N) is 2. The Balaban J connectivity index is 1.99. The first kappa shape index (κ1) is 19.9. The van der Waals surface area contributed by atoms with Crippen LogP contribution < -0.4 is 4.74 Å². The van der Waals surface area contributed by atoms with E-state index in [4.69, 9.17) is 9.84 Å². The van der Waals surface area contributed by atoms with E-state index < -0.39 is 22.5 Å². The van der Waals surface area contributed by atoms with Crippen molar-refractivity contribution in [2.75, 3.05) is 20.2 Å². The van der Waals surface area contributed by atoms with Gasteiger partial charge < -0.3 is 14.7 Å². The second-order valence-corrected chi connectivity index (χ2v) is 6.03. The number of amides is 1. The molecule has 142 valence electrons. The second kappa shape index (κ2) is 8.79. The highest BCUT2D eigenvalue weighted by Gasteiger charge is 2.19. The zero-order chi connectivity index (χ0) is 20.0. The number of aromatic carboxylic acids is 1. The van der Waals surface area contributed by atoms with Gasteiger partial charge in [-0.3, -0.25) is 14.9 Å². The van der Waals surface area contributed by atoms with Crippen molar-refractivity contribution < 1.29 is 24.4 Å². The molecule has 2 aromatic rings. The summed E-state index contributed by atoms with van der Waals surface area (Å²) in [6.45, 7) is 2.70. The molecule has 1 amide bonds. The fraction of sp³-hybridized carbons (Fsp3) is 0.263. The summed E-state index contributed by atoms with van der Waals surface area (Å²) in [4.78, 5) is 35.2. The molecule has 0 bridgehead atoms. The molecule has 0 aromatic heterocycles. The Labute approximate surface area is 156 Å². The number of carbonyl (C=O) groups excluding carboxylic acids is 1. The maximum absolute atomic E-state index is 12.5. The number of rotatable bonds is 8. The lowest BCUT2D eigenvalue weighted by molar-refractivity contribution is -0.384. The van der Waals surface area contributed by atoms with Crippen LogP contribution in [-0.2, 0) is 0 Å². The molecule has 0 aliphatic heterocycles. The number of benzene rings is 2. The van der Waals surface area contributed by atoms with Crippen LogP contribution in [0.1, 0.15) is 32.7 Å². The number of carboxylic acid groups (broad SMARTS) is 1. The number of para-hydroxylation sites is 1. The van der Waals surface area contributed by atoms with Gasteiger partial charge in [0.05, 0.1) is 17.1 Å². The smallest absolute Gasteiger partial charge is 0.335 e. The molecule has 0 saturated heterocycles. The van der Waals surface area contributed by atoms with Gasteiger partial charge in [-0.1, -0.05) is 18.2 Å². The van der Waals surface area contributed by atoms with Crippen LogP contribution >= 0.6 is 0 Å². The standard InChI is InChI=1S/C19H20N2O6/c1-13-6-3-4-7-17(13)27-9-5-8-20(2)18(22)14-10-15(19(23)24)12-16(11-14)21(25)26/h3-4,6-7,10-12H,5,8-9H2,1-2H3,(H,23,24). The van der Waals surface area contributed by atoms with E-state index in [1.807, 2.05) is 31.2 Å². The molecule has 2 rings (SSSR count). The number of carboxylic acids is 1. The van der Waals surface area contributed by atoms with Crippen molar-refractivity contribution in [1.29, 1.82) is 0 Å². The number of nitro benzene ring substituents is 1. The van der Waals surface area contributed by atoms with E-state index in [1.54, 1.807) is 7.05 Å². The van der Waals surface area contributed by atoms with Crippen LogP contribution in [0.3, 0.4) is 0 Å². The van der Waals surface area contributed by atoms with E-state index in [-0.39, 0.29) is 11.1 Å². The van der Waals surface area contributed by atoms with Crippen LogP contribution in [0, 0.1) is 17.0 Å². The minimum absolute atomic E-state index is 0.0380. The van der Waals surface area contributed by atoms with Gasteiger partial charge in [-0.15, -0.1) is 0 Å². The topological polar surface area (TPSA) is 110 Å². The minimum atomic E-state index is -1.33. The third-order valence-corrected chi connectivity index (χ3v) is 3.96. The summed E-state index contributed by atoms with van der Waals surface area (Å²) >= 11 is 0. The third-order valence-electron chi connectivity index (χ3n) is 3.96. The van der Waals surface area contributed by atoms with Gasteiger partial charge in [0.25, 0.3) is 11.6 Å². The number of hydrogen-bond acceptors (Lipinski definition) is 5. The summed E-state index contributed by atoms with van der Waals surface area (Å²) in [6.07, 6.45) is 0.553. The highest BCUT2D eigenvalue weighted by Crippen LogP contribution is 2.19. The molecule has 0 saturated carbocycles. The molecule has 0 aliphatic carbocycles. The third kappa shape index (κ3) is 5.27. The molecule has 1 N–H and O–H groups in total. The number of nitro groups is 1. The van der Waals surface area contributed by atoms with Crippen molar-refractivity contribution in [2.45, 2.75) is 13.3 Å². The zero-order valence-electron chi connectivity index (χ0n) is 15.0. The largest absolute Gasteiger partial charge is 0.493 e. The van der Waals surface area contributed by atoms with Crippen LogP contribution in [0.4, 0.5) is 5.69 Å². The van der Waals surface area contributed by atoms with Gasteiger partial charge in [0.1, 0.15) is 5.75 Å². The fourth-order valence-electron chi connectivity index (χ4n) is 2.49. The molecule has 8 nitrogen and oxygen atoms in total. The maximum atomic E-state index is 12.5. The normalized spacial score (nSPS) is 10.3. The lowest BCUT2D eigenvalue weighted by Crippen LogP contribution is -2.29. The predicted octanol–water partition coefficient (Wildman–Crippen LogP) is 3.14. The number of carbonyl (C=O) groups is 2. The molecular formula is C19H20N2O6. The van der Waals surface area contributed by atoms with Gasteiger partial charge in [0.15, 0.2) is 0 Å². The van der Waals surface area contributed by atoms with E-state index in [9.17, 15) is 19.7 Å². The van der Waals surface area contributed by atoms with Crippen LogP contribution in [0.15, 0.2) is 42.5 Å². The lowest BCUT2D eigenvalue weighted by atomic mass is 10.1. The second-order valence-electron chi connectivity index (χ2n) is 6.03. The van der Waals surface area contributed by atoms with Crippen LogP contribution in [-0.4, -0.2) is 47.0 Å². The molecule has 8 heteroatoms. The van der Waals surface area contributed by atoms with E-state index >= 15 is 0 Å². The van der Waals surface area contributed by atoms with E-state index in [0.29, 0.717) is 19.6 Å². The first-order valence-corrected chi connectivity index (χ1v) is 8.26. The summed E-state index contributed by atoms with van der Waals surface area (Å²) in [6, 6.07) is 10.7. The van der Waals surface area contributed by atoms with Crippen molar-refractivity contribution in [3.8, 4) is 5.75 Å². The maximum Gasteiger partial charge on any atom is 0.335 e. The monoisotopic (exact) mass is 372 g/mol. The van der Waals surface area contributed by atoms with Crippen LogP contribution in [0.2, 0.25) is 0 Å².